The van der Waals surface area contributed by atoms with Crippen molar-refractivity contribution in [2.75, 3.05) is 13.1 Å². The Hall–Kier alpha value is -1.57. The third kappa shape index (κ3) is 2.81. The maximum absolute atomic E-state index is 12.4. The number of aryl methyl sites for hydroxylation is 1. The topological polar surface area (TPSA) is 20.3 Å². The molecule has 0 aromatic heterocycles. The van der Waals surface area contributed by atoms with Crippen LogP contribution in [0.4, 0.5) is 0 Å². The SMILES string of the molecule is C=Cc1cc(C)cc(C(=O)N2CCC(C)CC2)c1. The van der Waals surface area contributed by atoms with Crippen LogP contribution < -0.4 is 0 Å². The van der Waals surface area contributed by atoms with E-state index in [0.29, 0.717) is 0 Å². The van der Waals surface area contributed by atoms with Crippen LogP contribution in [0.25, 0.3) is 6.08 Å². The number of hydrogen-bond donors (Lipinski definition) is 0. The molecule has 0 saturated carbocycles. The van der Waals surface area contributed by atoms with E-state index in [1.807, 2.05) is 30.0 Å². The van der Waals surface area contributed by atoms with Crippen molar-refractivity contribution < 1.29 is 4.79 Å². The molecule has 1 fully saturated rings. The molecule has 1 aromatic rings. The lowest BCUT2D eigenvalue weighted by Crippen LogP contribution is -2.37. The van der Waals surface area contributed by atoms with Gasteiger partial charge in [0.1, 0.15) is 0 Å². The number of nitrogens with zero attached hydrogens (tertiary/aromatic N) is 1. The molecule has 2 rings (SSSR count). The smallest absolute Gasteiger partial charge is 0.253 e. The number of likely N-dealkylation sites (tertiary alicyclic amines) is 1. The molecule has 0 bridgehead atoms. The fourth-order valence-corrected chi connectivity index (χ4v) is 2.45. The van der Waals surface area contributed by atoms with Gasteiger partial charge in [0, 0.05) is 18.7 Å². The molecule has 1 aromatic carbocycles. The van der Waals surface area contributed by atoms with E-state index in [2.05, 4.69) is 13.5 Å². The lowest BCUT2D eigenvalue weighted by molar-refractivity contribution is 0.0697. The summed E-state index contributed by atoms with van der Waals surface area (Å²) in [5.74, 6) is 0.906. The van der Waals surface area contributed by atoms with Crippen LogP contribution in [0.3, 0.4) is 0 Å². The van der Waals surface area contributed by atoms with Gasteiger partial charge in [-0.25, -0.2) is 0 Å². The maximum Gasteiger partial charge on any atom is 0.253 e. The van der Waals surface area contributed by atoms with Crippen molar-refractivity contribution in [3.8, 4) is 0 Å². The van der Waals surface area contributed by atoms with Crippen LogP contribution in [0.2, 0.25) is 0 Å². The highest BCUT2D eigenvalue weighted by molar-refractivity contribution is 5.95. The number of rotatable bonds is 2. The van der Waals surface area contributed by atoms with Gasteiger partial charge in [-0.15, -0.1) is 0 Å². The molecular weight excluding hydrogens is 222 g/mol. The highest BCUT2D eigenvalue weighted by Crippen LogP contribution is 2.19. The molecule has 1 saturated heterocycles. The zero-order valence-corrected chi connectivity index (χ0v) is 11.3. The molecule has 96 valence electrons. The highest BCUT2D eigenvalue weighted by Gasteiger charge is 2.21. The second-order valence-electron chi connectivity index (χ2n) is 5.31. The monoisotopic (exact) mass is 243 g/mol. The van der Waals surface area contributed by atoms with Crippen molar-refractivity contribution in [2.45, 2.75) is 26.7 Å². The van der Waals surface area contributed by atoms with Gasteiger partial charge in [0.05, 0.1) is 0 Å². The fourth-order valence-electron chi connectivity index (χ4n) is 2.45. The Morgan fingerprint density at radius 3 is 2.61 bits per heavy atom. The summed E-state index contributed by atoms with van der Waals surface area (Å²) >= 11 is 0. The number of carbonyl (C=O) groups is 1. The van der Waals surface area contributed by atoms with E-state index in [9.17, 15) is 4.79 Å². The number of amides is 1. The molecule has 1 aliphatic rings. The summed E-state index contributed by atoms with van der Waals surface area (Å²) in [5, 5.41) is 0. The summed E-state index contributed by atoms with van der Waals surface area (Å²) in [6, 6.07) is 5.94. The van der Waals surface area contributed by atoms with Gasteiger partial charge in [-0.3, -0.25) is 4.79 Å². The van der Waals surface area contributed by atoms with E-state index in [0.717, 1.165) is 48.5 Å². The lowest BCUT2D eigenvalue weighted by atomic mass is 9.98. The van der Waals surface area contributed by atoms with Gasteiger partial charge in [-0.1, -0.05) is 25.6 Å². The Bertz CT molecular complexity index is 456. The average molecular weight is 243 g/mol. The van der Waals surface area contributed by atoms with Crippen molar-refractivity contribution in [1.82, 2.24) is 4.90 Å². The molecule has 0 spiro atoms. The summed E-state index contributed by atoms with van der Waals surface area (Å²) in [7, 11) is 0. The van der Waals surface area contributed by atoms with E-state index in [1.165, 1.54) is 0 Å². The normalized spacial score (nSPS) is 16.7. The quantitative estimate of drug-likeness (QED) is 0.778. The predicted octanol–water partition coefficient (Wildman–Crippen LogP) is 3.51. The Morgan fingerprint density at radius 1 is 1.33 bits per heavy atom. The first-order valence-corrected chi connectivity index (χ1v) is 6.63. The fraction of sp³-hybridized carbons (Fsp3) is 0.438. The highest BCUT2D eigenvalue weighted by atomic mass is 16.2. The summed E-state index contributed by atoms with van der Waals surface area (Å²) < 4.78 is 0. The van der Waals surface area contributed by atoms with Crippen molar-refractivity contribution in [3.05, 3.63) is 41.5 Å². The Balaban J connectivity index is 2.18. The molecule has 0 atom stereocenters. The van der Waals surface area contributed by atoms with Crippen molar-refractivity contribution in [2.24, 2.45) is 5.92 Å². The van der Waals surface area contributed by atoms with Crippen molar-refractivity contribution in [1.29, 1.82) is 0 Å². The Kier molecular flexibility index (Phi) is 3.85. The number of piperidine rings is 1. The third-order valence-corrected chi connectivity index (χ3v) is 3.65. The summed E-state index contributed by atoms with van der Waals surface area (Å²) in [5.41, 5.74) is 2.92. The molecule has 1 heterocycles. The van der Waals surface area contributed by atoms with Gasteiger partial charge < -0.3 is 4.90 Å². The first-order valence-electron chi connectivity index (χ1n) is 6.63. The third-order valence-electron chi connectivity index (χ3n) is 3.65. The van der Waals surface area contributed by atoms with E-state index in [4.69, 9.17) is 0 Å². The minimum absolute atomic E-state index is 0.161. The van der Waals surface area contributed by atoms with Gasteiger partial charge in [0.2, 0.25) is 0 Å². The Labute approximate surface area is 109 Å². The van der Waals surface area contributed by atoms with Crippen molar-refractivity contribution in [3.63, 3.8) is 0 Å². The maximum atomic E-state index is 12.4. The minimum Gasteiger partial charge on any atom is -0.339 e. The molecular formula is C16H21NO. The Morgan fingerprint density at radius 2 is 2.00 bits per heavy atom. The average Bonchev–Trinajstić information content (AvgIpc) is 2.38. The van der Waals surface area contributed by atoms with Crippen LogP contribution in [0.15, 0.2) is 24.8 Å². The first kappa shape index (κ1) is 12.9. The molecule has 0 radical (unpaired) electrons. The summed E-state index contributed by atoms with van der Waals surface area (Å²) in [6.07, 6.45) is 4.03. The van der Waals surface area contributed by atoms with Gasteiger partial charge in [-0.2, -0.15) is 0 Å². The first-order chi connectivity index (χ1) is 8.60. The summed E-state index contributed by atoms with van der Waals surface area (Å²) in [4.78, 5) is 14.4. The van der Waals surface area contributed by atoms with E-state index in [-0.39, 0.29) is 5.91 Å². The molecule has 1 amide bonds. The van der Waals surface area contributed by atoms with Crippen LogP contribution in [-0.4, -0.2) is 23.9 Å². The molecule has 2 nitrogen and oxygen atoms in total. The van der Waals surface area contributed by atoms with E-state index < -0.39 is 0 Å². The second-order valence-corrected chi connectivity index (χ2v) is 5.31. The zero-order chi connectivity index (χ0) is 13.1. The molecule has 0 unspecified atom stereocenters. The number of hydrogen-bond acceptors (Lipinski definition) is 1. The van der Waals surface area contributed by atoms with Gasteiger partial charge in [0.15, 0.2) is 0 Å². The number of carbonyl (C=O) groups excluding carboxylic acids is 1. The van der Waals surface area contributed by atoms with E-state index >= 15 is 0 Å². The molecule has 0 N–H and O–H groups in total. The minimum atomic E-state index is 0.161. The van der Waals surface area contributed by atoms with Gasteiger partial charge in [0.25, 0.3) is 5.91 Å². The largest absolute Gasteiger partial charge is 0.339 e. The zero-order valence-electron chi connectivity index (χ0n) is 11.3. The molecule has 0 aliphatic carbocycles. The number of benzene rings is 1. The van der Waals surface area contributed by atoms with Crippen LogP contribution in [0.1, 0.15) is 41.3 Å². The summed E-state index contributed by atoms with van der Waals surface area (Å²) in [6.45, 7) is 9.81. The van der Waals surface area contributed by atoms with Crippen LogP contribution >= 0.6 is 0 Å². The molecule has 1 aliphatic heterocycles. The second kappa shape index (κ2) is 5.38. The van der Waals surface area contributed by atoms with Crippen LogP contribution in [0.5, 0.6) is 0 Å². The van der Waals surface area contributed by atoms with Crippen LogP contribution in [-0.2, 0) is 0 Å². The molecule has 2 heteroatoms. The van der Waals surface area contributed by atoms with Crippen molar-refractivity contribution >= 4 is 12.0 Å². The predicted molar refractivity (Wildman–Crippen MR) is 75.6 cm³/mol. The molecule has 18 heavy (non-hydrogen) atoms. The van der Waals surface area contributed by atoms with Gasteiger partial charge in [-0.05, 0) is 48.9 Å². The van der Waals surface area contributed by atoms with Crippen LogP contribution in [0, 0.1) is 12.8 Å². The standard InChI is InChI=1S/C16H21NO/c1-4-14-9-13(3)10-15(11-14)16(18)17-7-5-12(2)6-8-17/h4,9-12H,1,5-8H2,2-3H3. The van der Waals surface area contributed by atoms with E-state index in [1.54, 1.807) is 6.08 Å². The lowest BCUT2D eigenvalue weighted by Gasteiger charge is -2.30. The van der Waals surface area contributed by atoms with Gasteiger partial charge >= 0.3 is 0 Å².